The number of benzene rings is 2. The first-order valence-electron chi connectivity index (χ1n) is 7.47. The fraction of sp³-hybridized carbons (Fsp3) is 0.167. The fourth-order valence-electron chi connectivity index (χ4n) is 1.97. The zero-order valence-electron chi connectivity index (χ0n) is 13.6. The molecule has 0 aromatic heterocycles. The second-order valence-corrected chi connectivity index (χ2v) is 5.35. The van der Waals surface area contributed by atoms with Crippen LogP contribution < -0.4 is 16.0 Å². The van der Waals surface area contributed by atoms with Crippen LogP contribution in [0.2, 0.25) is 0 Å². The SMILES string of the molecule is Cc1ccc(NC(=O)C(=O)NCC(=O)Nc2ccccc2)cc1C. The first-order valence-corrected chi connectivity index (χ1v) is 7.47. The molecule has 6 heteroatoms. The number of carbonyl (C=O) groups is 3. The lowest BCUT2D eigenvalue weighted by molar-refractivity contribution is -0.136. The zero-order chi connectivity index (χ0) is 17.5. The molecule has 2 aromatic carbocycles. The molecule has 24 heavy (non-hydrogen) atoms. The van der Waals surface area contributed by atoms with Gasteiger partial charge in [0.1, 0.15) is 0 Å². The van der Waals surface area contributed by atoms with E-state index in [1.807, 2.05) is 26.0 Å². The number of hydrogen-bond donors (Lipinski definition) is 3. The van der Waals surface area contributed by atoms with Crippen molar-refractivity contribution in [3.8, 4) is 0 Å². The van der Waals surface area contributed by atoms with Crippen molar-refractivity contribution in [1.29, 1.82) is 0 Å². The second-order valence-electron chi connectivity index (χ2n) is 5.35. The van der Waals surface area contributed by atoms with Gasteiger partial charge in [0.05, 0.1) is 6.54 Å². The Hall–Kier alpha value is -3.15. The molecule has 0 unspecified atom stereocenters. The number of hydrogen-bond acceptors (Lipinski definition) is 3. The maximum absolute atomic E-state index is 11.8. The Kier molecular flexibility index (Phi) is 5.68. The summed E-state index contributed by atoms with van der Waals surface area (Å²) in [4.78, 5) is 35.3. The van der Waals surface area contributed by atoms with Gasteiger partial charge < -0.3 is 16.0 Å². The van der Waals surface area contributed by atoms with Crippen LogP contribution >= 0.6 is 0 Å². The highest BCUT2D eigenvalue weighted by Gasteiger charge is 2.15. The number of amides is 3. The predicted octanol–water partition coefficient (Wildman–Crippen LogP) is 2.00. The molecule has 0 radical (unpaired) electrons. The third-order valence-electron chi connectivity index (χ3n) is 3.44. The van der Waals surface area contributed by atoms with Gasteiger partial charge in [-0.05, 0) is 49.2 Å². The van der Waals surface area contributed by atoms with Gasteiger partial charge in [0.15, 0.2) is 0 Å². The van der Waals surface area contributed by atoms with Crippen LogP contribution in [0.1, 0.15) is 11.1 Å². The van der Waals surface area contributed by atoms with E-state index in [0.717, 1.165) is 11.1 Å². The molecule has 124 valence electrons. The summed E-state index contributed by atoms with van der Waals surface area (Å²) in [6.07, 6.45) is 0. The summed E-state index contributed by atoms with van der Waals surface area (Å²) < 4.78 is 0. The van der Waals surface area contributed by atoms with Gasteiger partial charge >= 0.3 is 11.8 Å². The molecule has 0 fully saturated rings. The summed E-state index contributed by atoms with van der Waals surface area (Å²) in [6.45, 7) is 3.59. The lowest BCUT2D eigenvalue weighted by atomic mass is 10.1. The summed E-state index contributed by atoms with van der Waals surface area (Å²) in [5, 5.41) is 7.40. The minimum atomic E-state index is -0.864. The van der Waals surface area contributed by atoms with E-state index in [0.29, 0.717) is 11.4 Å². The van der Waals surface area contributed by atoms with Crippen molar-refractivity contribution in [3.63, 3.8) is 0 Å². The Labute approximate surface area is 140 Å². The summed E-state index contributed by atoms with van der Waals surface area (Å²) in [5.41, 5.74) is 3.26. The van der Waals surface area contributed by atoms with E-state index in [-0.39, 0.29) is 6.54 Å². The summed E-state index contributed by atoms with van der Waals surface area (Å²) in [6, 6.07) is 14.2. The topological polar surface area (TPSA) is 87.3 Å². The Morgan fingerprint density at radius 1 is 0.792 bits per heavy atom. The van der Waals surface area contributed by atoms with E-state index < -0.39 is 17.7 Å². The molecule has 0 saturated heterocycles. The van der Waals surface area contributed by atoms with Gasteiger partial charge in [0.25, 0.3) is 0 Å². The molecule has 2 aromatic rings. The molecular formula is C18H19N3O3. The number of aryl methyl sites for hydroxylation is 2. The first-order chi connectivity index (χ1) is 11.5. The van der Waals surface area contributed by atoms with Gasteiger partial charge in [-0.1, -0.05) is 24.3 Å². The van der Waals surface area contributed by atoms with Crippen LogP contribution in [0, 0.1) is 13.8 Å². The third kappa shape index (κ3) is 4.95. The van der Waals surface area contributed by atoms with E-state index in [2.05, 4.69) is 16.0 Å². The lowest BCUT2D eigenvalue weighted by Gasteiger charge is -2.08. The predicted molar refractivity (Wildman–Crippen MR) is 92.6 cm³/mol. The summed E-state index contributed by atoms with van der Waals surface area (Å²) in [5.74, 6) is -2.09. The van der Waals surface area contributed by atoms with Gasteiger partial charge in [-0.2, -0.15) is 0 Å². The standard InChI is InChI=1S/C18H19N3O3/c1-12-8-9-15(10-13(12)2)21-18(24)17(23)19-11-16(22)20-14-6-4-3-5-7-14/h3-10H,11H2,1-2H3,(H,19,23)(H,20,22)(H,21,24). The monoisotopic (exact) mass is 325 g/mol. The van der Waals surface area contributed by atoms with Crippen molar-refractivity contribution < 1.29 is 14.4 Å². The van der Waals surface area contributed by atoms with Crippen LogP contribution in [-0.2, 0) is 14.4 Å². The van der Waals surface area contributed by atoms with Crippen LogP contribution in [0.5, 0.6) is 0 Å². The number of anilines is 2. The molecule has 3 amide bonds. The highest BCUT2D eigenvalue weighted by molar-refractivity contribution is 6.39. The fourth-order valence-corrected chi connectivity index (χ4v) is 1.97. The largest absolute Gasteiger partial charge is 0.339 e. The van der Waals surface area contributed by atoms with E-state index >= 15 is 0 Å². The Bertz CT molecular complexity index is 757. The molecule has 0 heterocycles. The minimum absolute atomic E-state index is 0.284. The smallest absolute Gasteiger partial charge is 0.313 e. The van der Waals surface area contributed by atoms with Crippen molar-refractivity contribution in [3.05, 3.63) is 59.7 Å². The van der Waals surface area contributed by atoms with Gasteiger partial charge in [-0.25, -0.2) is 0 Å². The van der Waals surface area contributed by atoms with Crippen LogP contribution in [0.4, 0.5) is 11.4 Å². The van der Waals surface area contributed by atoms with E-state index in [4.69, 9.17) is 0 Å². The number of nitrogens with one attached hydrogen (secondary N) is 3. The third-order valence-corrected chi connectivity index (χ3v) is 3.44. The average Bonchev–Trinajstić information content (AvgIpc) is 2.57. The van der Waals surface area contributed by atoms with Crippen LogP contribution in [0.25, 0.3) is 0 Å². The van der Waals surface area contributed by atoms with Gasteiger partial charge in [-0.3, -0.25) is 14.4 Å². The van der Waals surface area contributed by atoms with Gasteiger partial charge in [-0.15, -0.1) is 0 Å². The van der Waals surface area contributed by atoms with Crippen molar-refractivity contribution >= 4 is 29.1 Å². The molecule has 0 atom stereocenters. The second kappa shape index (κ2) is 7.92. The maximum Gasteiger partial charge on any atom is 0.313 e. The van der Waals surface area contributed by atoms with Crippen molar-refractivity contribution in [2.75, 3.05) is 17.2 Å². The summed E-state index contributed by atoms with van der Waals surface area (Å²) >= 11 is 0. The van der Waals surface area contributed by atoms with Crippen LogP contribution in [0.15, 0.2) is 48.5 Å². The first kappa shape index (κ1) is 17.2. The molecule has 0 spiro atoms. The van der Waals surface area contributed by atoms with Crippen LogP contribution in [0.3, 0.4) is 0 Å². The quantitative estimate of drug-likeness (QED) is 0.751. The highest BCUT2D eigenvalue weighted by atomic mass is 16.2. The molecule has 2 rings (SSSR count). The molecular weight excluding hydrogens is 306 g/mol. The molecule has 3 N–H and O–H groups in total. The molecule has 0 bridgehead atoms. The zero-order valence-corrected chi connectivity index (χ0v) is 13.6. The van der Waals surface area contributed by atoms with Crippen LogP contribution in [-0.4, -0.2) is 24.3 Å². The van der Waals surface area contributed by atoms with Crippen molar-refractivity contribution in [2.45, 2.75) is 13.8 Å². The summed E-state index contributed by atoms with van der Waals surface area (Å²) in [7, 11) is 0. The Morgan fingerprint density at radius 3 is 2.17 bits per heavy atom. The number of para-hydroxylation sites is 1. The molecule has 0 aliphatic carbocycles. The number of carbonyl (C=O) groups excluding carboxylic acids is 3. The lowest BCUT2D eigenvalue weighted by Crippen LogP contribution is -2.39. The normalized spacial score (nSPS) is 9.92. The molecule has 0 aliphatic heterocycles. The Morgan fingerprint density at radius 2 is 1.50 bits per heavy atom. The average molecular weight is 325 g/mol. The van der Waals surface area contributed by atoms with Crippen molar-refractivity contribution in [2.24, 2.45) is 0 Å². The highest BCUT2D eigenvalue weighted by Crippen LogP contribution is 2.13. The molecule has 0 saturated carbocycles. The molecule has 6 nitrogen and oxygen atoms in total. The van der Waals surface area contributed by atoms with Gasteiger partial charge in [0.2, 0.25) is 5.91 Å². The van der Waals surface area contributed by atoms with E-state index in [1.165, 1.54) is 0 Å². The van der Waals surface area contributed by atoms with Crippen molar-refractivity contribution in [1.82, 2.24) is 5.32 Å². The maximum atomic E-state index is 11.8. The van der Waals surface area contributed by atoms with E-state index in [9.17, 15) is 14.4 Å². The Balaban J connectivity index is 1.82. The molecule has 0 aliphatic rings. The minimum Gasteiger partial charge on any atom is -0.339 e. The van der Waals surface area contributed by atoms with Gasteiger partial charge in [0, 0.05) is 11.4 Å². The number of rotatable bonds is 4. The van der Waals surface area contributed by atoms with E-state index in [1.54, 1.807) is 36.4 Å².